The zero-order chi connectivity index (χ0) is 10.6. The highest BCUT2D eigenvalue weighted by Gasteiger charge is 2.10. The minimum absolute atomic E-state index is 0.175. The molecule has 0 radical (unpaired) electrons. The number of amides is 1. The molecule has 0 atom stereocenters. The molecule has 14 heavy (non-hydrogen) atoms. The summed E-state index contributed by atoms with van der Waals surface area (Å²) in [5.41, 5.74) is 5.48. The van der Waals surface area contributed by atoms with Crippen LogP contribution in [-0.2, 0) is 4.79 Å². The summed E-state index contributed by atoms with van der Waals surface area (Å²) >= 11 is 4.96. The summed E-state index contributed by atoms with van der Waals surface area (Å²) in [5, 5.41) is 8.65. The topological polar surface area (TPSA) is 65.4 Å². The molecule has 0 spiro atoms. The van der Waals surface area contributed by atoms with Crippen LogP contribution in [0.2, 0.25) is 0 Å². The molecule has 3 nitrogen and oxygen atoms in total. The van der Waals surface area contributed by atoms with Crippen molar-refractivity contribution in [2.24, 2.45) is 5.73 Å². The van der Waals surface area contributed by atoms with Gasteiger partial charge in [-0.15, -0.1) is 0 Å². The van der Waals surface area contributed by atoms with Crippen molar-refractivity contribution < 1.29 is 4.79 Å². The first-order valence-corrected chi connectivity index (χ1v) is 4.24. The van der Waals surface area contributed by atoms with E-state index in [9.17, 15) is 4.79 Å². The highest BCUT2D eigenvalue weighted by molar-refractivity contribution is 7.81. The van der Waals surface area contributed by atoms with E-state index >= 15 is 0 Å². The van der Waals surface area contributed by atoms with Gasteiger partial charge < -0.3 is 11.1 Å². The predicted molar refractivity (Wildman–Crippen MR) is 59.2 cm³/mol. The fraction of sp³-hybridized carbons (Fsp3) is 0. The molecule has 0 aliphatic rings. The van der Waals surface area contributed by atoms with Crippen LogP contribution < -0.4 is 5.73 Å². The largest absolute Gasteiger partial charge is 0.763 e. The number of rotatable bonds is 3. The van der Waals surface area contributed by atoms with Gasteiger partial charge >= 0.3 is 0 Å². The van der Waals surface area contributed by atoms with E-state index in [0.29, 0.717) is 5.56 Å². The molecule has 4 heteroatoms. The highest BCUT2D eigenvalue weighted by atomic mass is 32.1. The number of thiocarbonyl (C=S) groups is 1. The average Bonchev–Trinajstić information content (AvgIpc) is 2.19. The number of carbonyl (C=O) groups excluding carboxylic acids is 1. The van der Waals surface area contributed by atoms with Gasteiger partial charge in [-0.2, -0.15) is 0 Å². The molecule has 0 bridgehead atoms. The lowest BCUT2D eigenvalue weighted by atomic mass is 10.1. The predicted octanol–water partition coefficient (Wildman–Crippen LogP) is 1.06. The second kappa shape index (κ2) is 4.46. The molecule has 0 saturated carbocycles. The number of hydrogen-bond acceptors (Lipinski definition) is 2. The highest BCUT2D eigenvalue weighted by Crippen LogP contribution is 2.07. The van der Waals surface area contributed by atoms with E-state index in [1.54, 1.807) is 30.1 Å². The molecular weight excluding hydrogens is 196 g/mol. The normalized spacial score (nSPS) is 8.86. The van der Waals surface area contributed by atoms with Crippen molar-refractivity contribution in [1.82, 2.24) is 0 Å². The van der Waals surface area contributed by atoms with Crippen molar-refractivity contribution in [3.05, 3.63) is 46.9 Å². The molecule has 1 aromatic rings. The van der Waals surface area contributed by atoms with Crippen molar-refractivity contribution in [1.29, 1.82) is 0 Å². The Labute approximate surface area is 86.7 Å². The molecule has 0 unspecified atom stereocenters. The molecule has 1 amide bonds. The lowest BCUT2D eigenvalue weighted by molar-refractivity contribution is -0.113. The van der Waals surface area contributed by atoms with E-state index in [4.69, 9.17) is 23.4 Å². The van der Waals surface area contributed by atoms with Crippen molar-refractivity contribution >= 4 is 28.9 Å². The van der Waals surface area contributed by atoms with Crippen LogP contribution in [0.5, 0.6) is 0 Å². The van der Waals surface area contributed by atoms with Gasteiger partial charge in [-0.25, -0.2) is 0 Å². The maximum absolute atomic E-state index is 10.8. The fourth-order valence-corrected chi connectivity index (χ4v) is 1.23. The zero-order valence-corrected chi connectivity index (χ0v) is 8.04. The lowest BCUT2D eigenvalue weighted by Crippen LogP contribution is -2.20. The van der Waals surface area contributed by atoms with Gasteiger partial charge in [-0.1, -0.05) is 42.5 Å². The monoisotopic (exact) mass is 203 g/mol. The van der Waals surface area contributed by atoms with Crippen LogP contribution in [0.15, 0.2) is 35.9 Å². The molecular formula is C10H7N2OS-. The zero-order valence-electron chi connectivity index (χ0n) is 7.23. The van der Waals surface area contributed by atoms with Gasteiger partial charge in [0.25, 0.3) is 5.91 Å². The summed E-state index contributed by atoms with van der Waals surface area (Å²) in [4.78, 5) is 11.0. The molecule has 0 aliphatic heterocycles. The van der Waals surface area contributed by atoms with Crippen LogP contribution in [0.1, 0.15) is 5.56 Å². The summed E-state index contributed by atoms with van der Waals surface area (Å²) < 4.78 is 0. The first-order chi connectivity index (χ1) is 6.66. The molecule has 0 saturated heterocycles. The van der Waals surface area contributed by atoms with Crippen LogP contribution >= 0.6 is 12.2 Å². The average molecular weight is 203 g/mol. The second-order valence-electron chi connectivity index (χ2n) is 2.55. The number of carbonyl (C=O) groups is 1. The van der Waals surface area contributed by atoms with E-state index in [0.717, 1.165) is 0 Å². The minimum atomic E-state index is -0.790. The standard InChI is InChI=1S/C10H7N2OS/c11-6-8(10(12)13)9(14)7-4-2-1-3-5-7/h1-5H,(H2,12,13)/q-1. The third kappa shape index (κ3) is 2.13. The third-order valence-corrected chi connectivity index (χ3v) is 2.06. The van der Waals surface area contributed by atoms with Gasteiger partial charge in [0, 0.05) is 0 Å². The first kappa shape index (κ1) is 10.3. The maximum atomic E-state index is 10.8. The summed E-state index contributed by atoms with van der Waals surface area (Å²) in [6.07, 6.45) is 0. The lowest BCUT2D eigenvalue weighted by Gasteiger charge is -2.04. The summed E-state index contributed by atoms with van der Waals surface area (Å²) in [7, 11) is 0. The van der Waals surface area contributed by atoms with Gasteiger partial charge in [0.1, 0.15) is 0 Å². The molecule has 0 aliphatic carbocycles. The van der Waals surface area contributed by atoms with E-state index in [1.165, 1.54) is 0 Å². The van der Waals surface area contributed by atoms with Crippen molar-refractivity contribution in [2.45, 2.75) is 0 Å². The van der Waals surface area contributed by atoms with Crippen molar-refractivity contribution in [3.8, 4) is 0 Å². The number of benzene rings is 1. The van der Waals surface area contributed by atoms with Crippen molar-refractivity contribution in [2.75, 3.05) is 0 Å². The third-order valence-electron chi connectivity index (χ3n) is 1.62. The SMILES string of the molecule is [N-]=C=C(C(N)=O)C(=S)c1ccccc1. The molecule has 0 aromatic heterocycles. The molecule has 1 aromatic carbocycles. The number of primary amides is 1. The number of nitrogens with zero attached hydrogens (tertiary/aromatic N) is 1. The Bertz CT molecular complexity index is 419. The molecule has 1 rings (SSSR count). The second-order valence-corrected chi connectivity index (χ2v) is 2.95. The Morgan fingerprint density at radius 3 is 2.36 bits per heavy atom. The molecule has 2 N–H and O–H groups in total. The molecule has 0 heterocycles. The van der Waals surface area contributed by atoms with Crippen LogP contribution in [0.4, 0.5) is 0 Å². The van der Waals surface area contributed by atoms with Gasteiger partial charge in [0.05, 0.1) is 10.4 Å². The molecule has 70 valence electrons. The minimum Gasteiger partial charge on any atom is -0.763 e. The quantitative estimate of drug-likeness (QED) is 0.345. The summed E-state index contributed by atoms with van der Waals surface area (Å²) in [5.74, 6) is 0.910. The fourth-order valence-electron chi connectivity index (χ4n) is 0.952. The van der Waals surface area contributed by atoms with Crippen LogP contribution in [-0.4, -0.2) is 16.6 Å². The summed E-state index contributed by atoms with van der Waals surface area (Å²) in [6, 6.07) is 8.82. The Balaban J connectivity index is 3.09. The Hall–Kier alpha value is -1.77. The van der Waals surface area contributed by atoms with Crippen LogP contribution in [0.25, 0.3) is 5.41 Å². The van der Waals surface area contributed by atoms with Gasteiger partial charge in [0.15, 0.2) is 0 Å². The Kier molecular flexibility index (Phi) is 3.29. The van der Waals surface area contributed by atoms with Gasteiger partial charge in [-0.05, 0) is 5.56 Å². The van der Waals surface area contributed by atoms with E-state index in [1.807, 2.05) is 6.07 Å². The number of nitrogens with two attached hydrogens (primary N) is 1. The van der Waals surface area contributed by atoms with E-state index < -0.39 is 5.91 Å². The smallest absolute Gasteiger partial charge is 0.256 e. The van der Waals surface area contributed by atoms with Crippen LogP contribution in [0.3, 0.4) is 0 Å². The van der Waals surface area contributed by atoms with Gasteiger partial charge in [0.2, 0.25) is 0 Å². The maximum Gasteiger partial charge on any atom is 0.256 e. The van der Waals surface area contributed by atoms with E-state index in [-0.39, 0.29) is 10.4 Å². The van der Waals surface area contributed by atoms with E-state index in [2.05, 4.69) is 0 Å². The molecule has 0 fully saturated rings. The number of hydrogen-bond donors (Lipinski definition) is 1. The van der Waals surface area contributed by atoms with Crippen molar-refractivity contribution in [3.63, 3.8) is 0 Å². The first-order valence-electron chi connectivity index (χ1n) is 3.83. The summed E-state index contributed by atoms with van der Waals surface area (Å²) in [6.45, 7) is 0. The Morgan fingerprint density at radius 2 is 1.93 bits per heavy atom. The van der Waals surface area contributed by atoms with Gasteiger partial charge in [-0.3, -0.25) is 10.7 Å². The Morgan fingerprint density at radius 1 is 1.36 bits per heavy atom. The van der Waals surface area contributed by atoms with Crippen LogP contribution in [0, 0.1) is 0 Å².